The lowest BCUT2D eigenvalue weighted by molar-refractivity contribution is -0.122. The number of benzene rings is 1. The molecule has 0 aliphatic heterocycles. The topological polar surface area (TPSA) is 55.1 Å². The van der Waals surface area contributed by atoms with Gasteiger partial charge in [-0.3, -0.25) is 4.79 Å². The number of carbonyl (C=O) groups excluding carboxylic acids is 1. The van der Waals surface area contributed by atoms with Crippen molar-refractivity contribution in [3.05, 3.63) is 35.4 Å². The molecule has 112 valence electrons. The summed E-state index contributed by atoms with van der Waals surface area (Å²) in [5.74, 6) is -1.06. The summed E-state index contributed by atoms with van der Waals surface area (Å²) in [6.45, 7) is 2.24. The van der Waals surface area contributed by atoms with Gasteiger partial charge in [-0.1, -0.05) is 0 Å². The van der Waals surface area contributed by atoms with E-state index < -0.39 is 17.2 Å². The van der Waals surface area contributed by atoms with E-state index in [1.807, 2.05) is 6.92 Å². The van der Waals surface area contributed by atoms with Crippen molar-refractivity contribution >= 4 is 18.3 Å². The van der Waals surface area contributed by atoms with E-state index >= 15 is 0 Å². The Kier molecular flexibility index (Phi) is 5.48. The lowest BCUT2D eigenvalue weighted by Gasteiger charge is -2.29. The molecule has 0 heterocycles. The summed E-state index contributed by atoms with van der Waals surface area (Å²) in [5, 5.41) is 2.85. The molecular weight excluding hydrogens is 286 g/mol. The molecule has 1 amide bonds. The van der Waals surface area contributed by atoms with Crippen LogP contribution in [0, 0.1) is 17.6 Å². The first-order chi connectivity index (χ1) is 8.94. The van der Waals surface area contributed by atoms with Gasteiger partial charge in [-0.2, -0.15) is 0 Å². The molecule has 1 aromatic rings. The minimum absolute atomic E-state index is 0. The number of hydrogen-bond acceptors (Lipinski definition) is 2. The van der Waals surface area contributed by atoms with E-state index in [-0.39, 0.29) is 30.3 Å². The molecule has 1 saturated carbocycles. The Balaban J connectivity index is 0.00000200. The molecule has 20 heavy (non-hydrogen) atoms. The zero-order valence-corrected chi connectivity index (χ0v) is 12.1. The lowest BCUT2D eigenvalue weighted by Crippen LogP contribution is -2.53. The Bertz CT molecular complexity index is 494. The Morgan fingerprint density at radius 1 is 1.45 bits per heavy atom. The van der Waals surface area contributed by atoms with Crippen LogP contribution in [0.25, 0.3) is 0 Å². The first-order valence-electron chi connectivity index (χ1n) is 6.39. The van der Waals surface area contributed by atoms with Crippen LogP contribution in [-0.4, -0.2) is 18.0 Å². The molecule has 0 aromatic heterocycles. The Labute approximate surface area is 123 Å². The second kappa shape index (κ2) is 6.50. The quantitative estimate of drug-likeness (QED) is 0.876. The summed E-state index contributed by atoms with van der Waals surface area (Å²) in [4.78, 5) is 11.9. The minimum Gasteiger partial charge on any atom is -0.349 e. The second-order valence-corrected chi connectivity index (χ2v) is 5.36. The molecular formula is C14H19ClF2N2O. The van der Waals surface area contributed by atoms with Gasteiger partial charge in [0.15, 0.2) is 0 Å². The maximum atomic E-state index is 13.4. The van der Waals surface area contributed by atoms with Crippen LogP contribution in [0.1, 0.15) is 25.3 Å². The van der Waals surface area contributed by atoms with Crippen molar-refractivity contribution in [3.8, 4) is 0 Å². The highest BCUT2D eigenvalue weighted by molar-refractivity contribution is 5.85. The third kappa shape index (κ3) is 3.90. The first-order valence-corrected chi connectivity index (χ1v) is 6.39. The summed E-state index contributed by atoms with van der Waals surface area (Å²) >= 11 is 0. The molecule has 0 saturated heterocycles. The van der Waals surface area contributed by atoms with Gasteiger partial charge in [0.1, 0.15) is 11.6 Å². The highest BCUT2D eigenvalue weighted by Gasteiger charge is 2.41. The van der Waals surface area contributed by atoms with Crippen LogP contribution in [0.4, 0.5) is 8.78 Å². The Morgan fingerprint density at radius 2 is 2.10 bits per heavy atom. The molecule has 1 fully saturated rings. The fourth-order valence-corrected chi connectivity index (χ4v) is 2.25. The number of rotatable bonds is 5. The summed E-state index contributed by atoms with van der Waals surface area (Å²) in [7, 11) is 0. The van der Waals surface area contributed by atoms with Gasteiger partial charge in [0.2, 0.25) is 5.91 Å². The third-order valence-electron chi connectivity index (χ3n) is 3.69. The lowest BCUT2D eigenvalue weighted by atomic mass is 9.95. The number of hydrogen-bond donors (Lipinski definition) is 2. The first kappa shape index (κ1) is 16.9. The molecule has 1 unspecified atom stereocenters. The highest BCUT2D eigenvalue weighted by atomic mass is 35.5. The predicted molar refractivity (Wildman–Crippen MR) is 75.6 cm³/mol. The van der Waals surface area contributed by atoms with E-state index in [4.69, 9.17) is 5.73 Å². The predicted octanol–water partition coefficient (Wildman–Crippen LogP) is 2.17. The largest absolute Gasteiger partial charge is 0.349 e. The van der Waals surface area contributed by atoms with E-state index in [0.29, 0.717) is 12.5 Å². The zero-order chi connectivity index (χ0) is 14.0. The Hall–Kier alpha value is -1.20. The molecule has 0 spiro atoms. The SMILES string of the molecule is CC(CN)(NC(=O)Cc1cc(F)ccc1F)C1CC1.Cl. The van der Waals surface area contributed by atoms with E-state index in [1.54, 1.807) is 0 Å². The van der Waals surface area contributed by atoms with Gasteiger partial charge in [-0.25, -0.2) is 8.78 Å². The number of amides is 1. The van der Waals surface area contributed by atoms with Gasteiger partial charge in [0.25, 0.3) is 0 Å². The molecule has 6 heteroatoms. The van der Waals surface area contributed by atoms with Crippen LogP contribution in [-0.2, 0) is 11.2 Å². The molecule has 1 aliphatic rings. The second-order valence-electron chi connectivity index (χ2n) is 5.36. The molecule has 1 atom stereocenters. The van der Waals surface area contributed by atoms with Crippen molar-refractivity contribution in [1.29, 1.82) is 0 Å². The highest BCUT2D eigenvalue weighted by Crippen LogP contribution is 2.38. The maximum Gasteiger partial charge on any atom is 0.225 e. The molecule has 3 nitrogen and oxygen atoms in total. The molecule has 0 bridgehead atoms. The maximum absolute atomic E-state index is 13.4. The van der Waals surface area contributed by atoms with Gasteiger partial charge in [-0.05, 0) is 43.9 Å². The van der Waals surface area contributed by atoms with Crippen molar-refractivity contribution in [2.24, 2.45) is 11.7 Å². The number of halogens is 3. The number of nitrogens with two attached hydrogens (primary N) is 1. The third-order valence-corrected chi connectivity index (χ3v) is 3.69. The van der Waals surface area contributed by atoms with Gasteiger partial charge < -0.3 is 11.1 Å². The van der Waals surface area contributed by atoms with Crippen molar-refractivity contribution in [1.82, 2.24) is 5.32 Å². The standard InChI is InChI=1S/C14H18F2N2O.ClH/c1-14(8-17,10-2-3-10)18-13(19)7-9-6-11(15)4-5-12(9)16;/h4-6,10H,2-3,7-8,17H2,1H3,(H,18,19);1H. The summed E-state index contributed by atoms with van der Waals surface area (Å²) in [5.41, 5.74) is 5.31. The Morgan fingerprint density at radius 3 is 2.65 bits per heavy atom. The van der Waals surface area contributed by atoms with Crippen LogP contribution < -0.4 is 11.1 Å². The number of carbonyl (C=O) groups is 1. The van der Waals surface area contributed by atoms with Crippen LogP contribution in [0.3, 0.4) is 0 Å². The zero-order valence-electron chi connectivity index (χ0n) is 11.3. The summed E-state index contributed by atoms with van der Waals surface area (Å²) < 4.78 is 26.5. The molecule has 3 N–H and O–H groups in total. The van der Waals surface area contributed by atoms with Crippen LogP contribution in [0.15, 0.2) is 18.2 Å². The number of nitrogens with one attached hydrogen (secondary N) is 1. The fraction of sp³-hybridized carbons (Fsp3) is 0.500. The average Bonchev–Trinajstić information content (AvgIpc) is 3.18. The average molecular weight is 305 g/mol. The summed E-state index contributed by atoms with van der Waals surface area (Å²) in [6.07, 6.45) is 1.91. The van der Waals surface area contributed by atoms with E-state index in [0.717, 1.165) is 31.0 Å². The van der Waals surface area contributed by atoms with E-state index in [1.165, 1.54) is 0 Å². The van der Waals surface area contributed by atoms with Gasteiger partial charge in [-0.15, -0.1) is 12.4 Å². The van der Waals surface area contributed by atoms with Crippen LogP contribution in [0.5, 0.6) is 0 Å². The molecule has 2 rings (SSSR count). The molecule has 1 aromatic carbocycles. The van der Waals surface area contributed by atoms with Crippen LogP contribution in [0.2, 0.25) is 0 Å². The minimum atomic E-state index is -0.572. The summed E-state index contributed by atoms with van der Waals surface area (Å²) in [6, 6.07) is 3.11. The van der Waals surface area contributed by atoms with Crippen molar-refractivity contribution in [2.75, 3.05) is 6.54 Å². The van der Waals surface area contributed by atoms with Gasteiger partial charge in [0.05, 0.1) is 12.0 Å². The normalized spacial score (nSPS) is 17.0. The van der Waals surface area contributed by atoms with Gasteiger partial charge in [0, 0.05) is 12.1 Å². The van der Waals surface area contributed by atoms with Crippen molar-refractivity contribution in [3.63, 3.8) is 0 Å². The molecule has 1 aliphatic carbocycles. The van der Waals surface area contributed by atoms with Gasteiger partial charge >= 0.3 is 0 Å². The fourth-order valence-electron chi connectivity index (χ4n) is 2.25. The molecule has 0 radical (unpaired) electrons. The van der Waals surface area contributed by atoms with Crippen LogP contribution >= 0.6 is 12.4 Å². The van der Waals surface area contributed by atoms with Crippen molar-refractivity contribution < 1.29 is 13.6 Å². The van der Waals surface area contributed by atoms with E-state index in [2.05, 4.69) is 5.32 Å². The van der Waals surface area contributed by atoms with Crippen molar-refractivity contribution in [2.45, 2.75) is 31.7 Å². The monoisotopic (exact) mass is 304 g/mol. The smallest absolute Gasteiger partial charge is 0.225 e. The van der Waals surface area contributed by atoms with E-state index in [9.17, 15) is 13.6 Å².